The van der Waals surface area contributed by atoms with Crippen molar-refractivity contribution in [3.05, 3.63) is 23.4 Å². The number of nitrogens with zero attached hydrogens (tertiary/aromatic N) is 3. The van der Waals surface area contributed by atoms with Crippen molar-refractivity contribution in [2.24, 2.45) is 0 Å². The van der Waals surface area contributed by atoms with Gasteiger partial charge in [-0.3, -0.25) is 9.69 Å². The first kappa shape index (κ1) is 14.2. The molecule has 0 aliphatic carbocycles. The zero-order valence-electron chi connectivity index (χ0n) is 11.5. The van der Waals surface area contributed by atoms with E-state index < -0.39 is 6.04 Å². The molecule has 1 aliphatic heterocycles. The number of methoxy groups -OCH3 is 1. The van der Waals surface area contributed by atoms with Gasteiger partial charge in [0.2, 0.25) is 11.7 Å². The fourth-order valence-corrected chi connectivity index (χ4v) is 2.83. The van der Waals surface area contributed by atoms with Crippen LogP contribution in [-0.2, 0) is 20.8 Å². The number of carbonyl (C=O) groups excluding carboxylic acids is 1. The van der Waals surface area contributed by atoms with E-state index in [-0.39, 0.29) is 5.97 Å². The Kier molecular flexibility index (Phi) is 4.28. The highest BCUT2D eigenvalue weighted by Crippen LogP contribution is 2.22. The zero-order valence-corrected chi connectivity index (χ0v) is 12.3. The van der Waals surface area contributed by atoms with Gasteiger partial charge in [-0.05, 0) is 11.4 Å². The quantitative estimate of drug-likeness (QED) is 0.785. The van der Waals surface area contributed by atoms with Gasteiger partial charge in [0.15, 0.2) is 0 Å². The van der Waals surface area contributed by atoms with Crippen molar-refractivity contribution in [3.8, 4) is 10.7 Å². The Bertz CT molecular complexity index is 598. The van der Waals surface area contributed by atoms with E-state index in [1.807, 2.05) is 22.4 Å². The molecular weight excluding hydrogens is 294 g/mol. The molecule has 1 aliphatic rings. The van der Waals surface area contributed by atoms with E-state index in [1.54, 1.807) is 11.3 Å². The maximum atomic E-state index is 11.8. The summed E-state index contributed by atoms with van der Waals surface area (Å²) in [5.74, 6) is 0.741. The Hall–Kier alpha value is -1.77. The van der Waals surface area contributed by atoms with E-state index in [0.717, 1.165) is 4.88 Å². The van der Waals surface area contributed by atoms with Crippen LogP contribution in [0, 0.1) is 0 Å². The molecule has 2 aromatic rings. The lowest BCUT2D eigenvalue weighted by Gasteiger charge is -2.32. The third kappa shape index (κ3) is 3.12. The van der Waals surface area contributed by atoms with Crippen LogP contribution >= 0.6 is 11.3 Å². The van der Waals surface area contributed by atoms with Crippen molar-refractivity contribution in [2.45, 2.75) is 12.6 Å². The van der Waals surface area contributed by atoms with Crippen LogP contribution in [0.5, 0.6) is 0 Å². The van der Waals surface area contributed by atoms with Crippen LogP contribution in [-0.4, -0.2) is 53.9 Å². The van der Waals surface area contributed by atoms with Crippen LogP contribution in [0.2, 0.25) is 0 Å². The first-order chi connectivity index (χ1) is 10.3. The van der Waals surface area contributed by atoms with Gasteiger partial charge in [-0.15, -0.1) is 11.3 Å². The molecule has 8 heteroatoms. The first-order valence-electron chi connectivity index (χ1n) is 6.54. The lowest BCUT2D eigenvalue weighted by Crippen LogP contribution is -2.49. The van der Waals surface area contributed by atoms with Crippen molar-refractivity contribution in [1.82, 2.24) is 15.0 Å². The van der Waals surface area contributed by atoms with Crippen LogP contribution in [0.3, 0.4) is 0 Å². The fraction of sp³-hybridized carbons (Fsp3) is 0.462. The average molecular weight is 309 g/mol. The highest BCUT2D eigenvalue weighted by molar-refractivity contribution is 7.13. The lowest BCUT2D eigenvalue weighted by molar-refractivity contribution is -0.153. The van der Waals surface area contributed by atoms with Crippen LogP contribution in [0.1, 0.15) is 5.89 Å². The Morgan fingerprint density at radius 1 is 1.62 bits per heavy atom. The van der Waals surface area contributed by atoms with Gasteiger partial charge in [0.25, 0.3) is 0 Å². The molecule has 0 radical (unpaired) electrons. The molecule has 1 fully saturated rings. The number of aromatic nitrogens is 2. The predicted octanol–water partition coefficient (Wildman–Crippen LogP) is 1.17. The molecule has 112 valence electrons. The molecule has 3 heterocycles. The molecule has 1 unspecified atom stereocenters. The summed E-state index contributed by atoms with van der Waals surface area (Å²) in [7, 11) is 1.37. The van der Waals surface area contributed by atoms with Gasteiger partial charge in [0, 0.05) is 6.54 Å². The number of hydrogen-bond donors (Lipinski definition) is 0. The maximum absolute atomic E-state index is 11.8. The largest absolute Gasteiger partial charge is 0.468 e. The highest BCUT2D eigenvalue weighted by atomic mass is 32.1. The van der Waals surface area contributed by atoms with Gasteiger partial charge in [-0.1, -0.05) is 11.2 Å². The predicted molar refractivity (Wildman–Crippen MR) is 74.6 cm³/mol. The number of hydrogen-bond acceptors (Lipinski definition) is 8. The Morgan fingerprint density at radius 3 is 3.29 bits per heavy atom. The summed E-state index contributed by atoms with van der Waals surface area (Å²) in [6.45, 7) is 1.91. The molecule has 0 bridgehead atoms. The van der Waals surface area contributed by atoms with Crippen LogP contribution in [0.25, 0.3) is 10.7 Å². The Balaban J connectivity index is 1.71. The fourth-order valence-electron chi connectivity index (χ4n) is 2.18. The average Bonchev–Trinajstić information content (AvgIpc) is 3.18. The van der Waals surface area contributed by atoms with Gasteiger partial charge in [0.05, 0.1) is 31.7 Å². The number of ether oxygens (including phenoxy) is 2. The third-order valence-corrected chi connectivity index (χ3v) is 4.13. The molecular formula is C13H15N3O4S. The van der Waals surface area contributed by atoms with Crippen LogP contribution in [0.15, 0.2) is 22.0 Å². The second-order valence-corrected chi connectivity index (χ2v) is 5.52. The van der Waals surface area contributed by atoms with Crippen molar-refractivity contribution >= 4 is 17.3 Å². The summed E-state index contributed by atoms with van der Waals surface area (Å²) in [6, 6.07) is 3.44. The van der Waals surface area contributed by atoms with Gasteiger partial charge < -0.3 is 14.0 Å². The van der Waals surface area contributed by atoms with E-state index in [4.69, 9.17) is 14.0 Å². The summed E-state index contributed by atoms with van der Waals surface area (Å²) in [5.41, 5.74) is 0. The Labute approximate surface area is 125 Å². The Morgan fingerprint density at radius 2 is 2.52 bits per heavy atom. The minimum Gasteiger partial charge on any atom is -0.468 e. The SMILES string of the molecule is COC(=O)C1COCCN1Cc1nc(-c2cccs2)no1. The molecule has 2 aromatic heterocycles. The topological polar surface area (TPSA) is 77.7 Å². The molecule has 0 N–H and O–H groups in total. The molecule has 0 spiro atoms. The molecule has 1 atom stereocenters. The molecule has 3 rings (SSSR count). The molecule has 1 saturated heterocycles. The normalized spacial score (nSPS) is 19.6. The van der Waals surface area contributed by atoms with Crippen LogP contribution < -0.4 is 0 Å². The van der Waals surface area contributed by atoms with Crippen molar-refractivity contribution in [3.63, 3.8) is 0 Å². The maximum Gasteiger partial charge on any atom is 0.325 e. The first-order valence-corrected chi connectivity index (χ1v) is 7.42. The summed E-state index contributed by atoms with van der Waals surface area (Å²) in [6.07, 6.45) is 0. The number of carbonyl (C=O) groups is 1. The van der Waals surface area contributed by atoms with Gasteiger partial charge >= 0.3 is 5.97 Å². The zero-order chi connectivity index (χ0) is 14.7. The second-order valence-electron chi connectivity index (χ2n) is 4.57. The lowest BCUT2D eigenvalue weighted by atomic mass is 10.2. The standard InChI is InChI=1S/C13H15N3O4S/c1-18-13(17)9-8-19-5-4-16(9)7-11-14-12(15-20-11)10-3-2-6-21-10/h2-3,6,9H,4-5,7-8H2,1H3. The molecule has 7 nitrogen and oxygen atoms in total. The third-order valence-electron chi connectivity index (χ3n) is 3.26. The smallest absolute Gasteiger partial charge is 0.325 e. The van der Waals surface area contributed by atoms with E-state index in [0.29, 0.717) is 38.0 Å². The minimum atomic E-state index is -0.430. The van der Waals surface area contributed by atoms with E-state index in [2.05, 4.69) is 10.1 Å². The monoisotopic (exact) mass is 309 g/mol. The van der Waals surface area contributed by atoms with E-state index >= 15 is 0 Å². The summed E-state index contributed by atoms with van der Waals surface area (Å²) < 4.78 is 15.4. The molecule has 21 heavy (non-hydrogen) atoms. The van der Waals surface area contributed by atoms with Gasteiger partial charge in [-0.25, -0.2) is 0 Å². The summed E-state index contributed by atoms with van der Waals surface area (Å²) >= 11 is 1.55. The van der Waals surface area contributed by atoms with E-state index in [1.165, 1.54) is 7.11 Å². The number of esters is 1. The number of morpholine rings is 1. The van der Waals surface area contributed by atoms with Crippen molar-refractivity contribution in [1.29, 1.82) is 0 Å². The summed E-state index contributed by atoms with van der Waals surface area (Å²) in [5, 5.41) is 5.92. The second kappa shape index (κ2) is 6.33. The molecule has 0 saturated carbocycles. The molecule has 0 amide bonds. The number of thiophene rings is 1. The number of rotatable bonds is 4. The highest BCUT2D eigenvalue weighted by Gasteiger charge is 2.31. The van der Waals surface area contributed by atoms with Crippen molar-refractivity contribution in [2.75, 3.05) is 26.9 Å². The molecule has 0 aromatic carbocycles. The van der Waals surface area contributed by atoms with Crippen molar-refractivity contribution < 1.29 is 18.8 Å². The van der Waals surface area contributed by atoms with Crippen LogP contribution in [0.4, 0.5) is 0 Å². The van der Waals surface area contributed by atoms with Gasteiger partial charge in [-0.2, -0.15) is 4.98 Å². The summed E-state index contributed by atoms with van der Waals surface area (Å²) in [4.78, 5) is 19.0. The van der Waals surface area contributed by atoms with E-state index in [9.17, 15) is 4.79 Å². The van der Waals surface area contributed by atoms with Gasteiger partial charge in [0.1, 0.15) is 6.04 Å². The minimum absolute atomic E-state index is 0.312.